The average Bonchev–Trinajstić information content (AvgIpc) is 2.80. The van der Waals surface area contributed by atoms with Crippen molar-refractivity contribution in [1.82, 2.24) is 5.32 Å². The summed E-state index contributed by atoms with van der Waals surface area (Å²) in [6.07, 6.45) is 0. The quantitative estimate of drug-likeness (QED) is 0.571. The Morgan fingerprint density at radius 2 is 2.08 bits per heavy atom. The first-order valence-electron chi connectivity index (χ1n) is 7.27. The number of amides is 2. The normalized spacial score (nSPS) is 10.3. The molecule has 1 aromatic carbocycles. The van der Waals surface area contributed by atoms with Crippen LogP contribution in [0.1, 0.15) is 20.8 Å². The number of aryl methyl sites for hydroxylation is 1. The molecule has 2 rings (SSSR count). The lowest BCUT2D eigenvalue weighted by Gasteiger charge is -2.11. The van der Waals surface area contributed by atoms with E-state index in [1.165, 1.54) is 11.3 Å². The van der Waals surface area contributed by atoms with Gasteiger partial charge in [-0.1, -0.05) is 27.5 Å². The predicted octanol–water partition coefficient (Wildman–Crippen LogP) is 3.77. The maximum atomic E-state index is 12.0. The van der Waals surface area contributed by atoms with Gasteiger partial charge in [0, 0.05) is 9.35 Å². The fraction of sp³-hybridized carbons (Fsp3) is 0.188. The molecule has 0 saturated heterocycles. The lowest BCUT2D eigenvalue weighted by molar-refractivity contribution is -0.121. The molecule has 2 aromatic rings. The molecule has 26 heavy (non-hydrogen) atoms. The number of thiocarbonyl (C=S) groups is 1. The van der Waals surface area contributed by atoms with E-state index in [0.29, 0.717) is 21.3 Å². The number of benzene rings is 1. The summed E-state index contributed by atoms with van der Waals surface area (Å²) in [7, 11) is 0. The van der Waals surface area contributed by atoms with Crippen LogP contribution in [-0.2, 0) is 4.79 Å². The van der Waals surface area contributed by atoms with Gasteiger partial charge in [-0.25, -0.2) is 0 Å². The first-order chi connectivity index (χ1) is 12.2. The van der Waals surface area contributed by atoms with Crippen LogP contribution in [0.15, 0.2) is 22.7 Å². The minimum absolute atomic E-state index is 0.0456. The van der Waals surface area contributed by atoms with Crippen LogP contribution >= 0.6 is 51.1 Å². The number of anilines is 1. The summed E-state index contributed by atoms with van der Waals surface area (Å²) in [4.78, 5) is 24.5. The minimum atomic E-state index is -0.559. The molecule has 0 fully saturated rings. The SMILES string of the molecule is Cc1sc(NC(=S)NC(=O)COc2ccc(Br)cc2Cl)c(C(N)=O)c1C. The summed E-state index contributed by atoms with van der Waals surface area (Å²) in [5.74, 6) is -0.645. The Bertz CT molecular complexity index is 886. The van der Waals surface area contributed by atoms with Gasteiger partial charge >= 0.3 is 0 Å². The number of carbonyl (C=O) groups excluding carboxylic acids is 2. The third-order valence-electron chi connectivity index (χ3n) is 3.36. The maximum absolute atomic E-state index is 12.0. The molecule has 1 heterocycles. The Labute approximate surface area is 173 Å². The monoisotopic (exact) mass is 475 g/mol. The number of ether oxygens (including phenoxy) is 1. The second-order valence-corrected chi connectivity index (χ2v) is 8.17. The van der Waals surface area contributed by atoms with Gasteiger partial charge in [0.25, 0.3) is 11.8 Å². The molecule has 0 spiro atoms. The van der Waals surface area contributed by atoms with E-state index >= 15 is 0 Å². The molecule has 0 saturated carbocycles. The van der Waals surface area contributed by atoms with Gasteiger partial charge < -0.3 is 15.8 Å². The molecule has 0 aliphatic carbocycles. The highest BCUT2D eigenvalue weighted by molar-refractivity contribution is 9.10. The molecule has 1 aromatic heterocycles. The van der Waals surface area contributed by atoms with E-state index in [4.69, 9.17) is 34.3 Å². The molecule has 0 bridgehead atoms. The largest absolute Gasteiger partial charge is 0.482 e. The van der Waals surface area contributed by atoms with Gasteiger partial charge in [-0.2, -0.15) is 0 Å². The van der Waals surface area contributed by atoms with Crippen molar-refractivity contribution in [3.8, 4) is 5.75 Å². The van der Waals surface area contributed by atoms with E-state index in [0.717, 1.165) is 14.9 Å². The maximum Gasteiger partial charge on any atom is 0.264 e. The molecule has 6 nitrogen and oxygen atoms in total. The molecule has 0 radical (unpaired) electrons. The van der Waals surface area contributed by atoms with Crippen LogP contribution in [-0.4, -0.2) is 23.5 Å². The lowest BCUT2D eigenvalue weighted by atomic mass is 10.1. The molecule has 0 aliphatic heterocycles. The van der Waals surface area contributed by atoms with Crippen LogP contribution in [0.3, 0.4) is 0 Å². The second-order valence-electron chi connectivity index (χ2n) is 5.22. The third-order valence-corrected chi connectivity index (χ3v) is 5.48. The van der Waals surface area contributed by atoms with Gasteiger partial charge in [0.05, 0.1) is 10.6 Å². The Morgan fingerprint density at radius 3 is 2.69 bits per heavy atom. The third kappa shape index (κ3) is 5.16. The summed E-state index contributed by atoms with van der Waals surface area (Å²) in [6.45, 7) is 3.40. The van der Waals surface area contributed by atoms with Crippen molar-refractivity contribution in [2.24, 2.45) is 5.73 Å². The number of hydrogen-bond acceptors (Lipinski definition) is 5. The molecular formula is C16H15BrClN3O3S2. The number of nitrogens with one attached hydrogen (secondary N) is 2. The van der Waals surface area contributed by atoms with Crippen LogP contribution in [0.5, 0.6) is 5.75 Å². The highest BCUT2D eigenvalue weighted by atomic mass is 79.9. The molecule has 138 valence electrons. The van der Waals surface area contributed by atoms with Crippen molar-refractivity contribution >= 4 is 73.0 Å². The van der Waals surface area contributed by atoms with E-state index in [2.05, 4.69) is 26.6 Å². The van der Waals surface area contributed by atoms with Crippen molar-refractivity contribution in [2.75, 3.05) is 11.9 Å². The fourth-order valence-corrected chi connectivity index (χ4v) is 4.12. The Kier molecular flexibility index (Phi) is 6.99. The molecular weight excluding hydrogens is 462 g/mol. The number of halogens is 2. The van der Waals surface area contributed by atoms with Gasteiger partial charge in [-0.05, 0) is 49.8 Å². The van der Waals surface area contributed by atoms with Gasteiger partial charge in [-0.15, -0.1) is 11.3 Å². The van der Waals surface area contributed by atoms with Crippen LogP contribution in [0.4, 0.5) is 5.00 Å². The van der Waals surface area contributed by atoms with Crippen molar-refractivity contribution in [2.45, 2.75) is 13.8 Å². The first-order valence-corrected chi connectivity index (χ1v) is 9.67. The topological polar surface area (TPSA) is 93.4 Å². The van der Waals surface area contributed by atoms with Gasteiger partial charge in [0.15, 0.2) is 11.7 Å². The van der Waals surface area contributed by atoms with Crippen LogP contribution in [0.2, 0.25) is 5.02 Å². The predicted molar refractivity (Wildman–Crippen MR) is 111 cm³/mol. The minimum Gasteiger partial charge on any atom is -0.482 e. The van der Waals surface area contributed by atoms with E-state index in [-0.39, 0.29) is 11.7 Å². The standard InChI is InChI=1S/C16H15BrClN3O3S2/c1-7-8(2)26-15(13(7)14(19)23)21-16(25)20-12(22)6-24-11-4-3-9(17)5-10(11)18/h3-5H,6H2,1-2H3,(H2,19,23)(H2,20,21,22,25). The average molecular weight is 477 g/mol. The van der Waals surface area contributed by atoms with Crippen molar-refractivity contribution < 1.29 is 14.3 Å². The van der Waals surface area contributed by atoms with E-state index in [1.54, 1.807) is 25.1 Å². The molecule has 10 heteroatoms. The first kappa shape index (κ1) is 20.6. The van der Waals surface area contributed by atoms with Crippen LogP contribution in [0.25, 0.3) is 0 Å². The summed E-state index contributed by atoms with van der Waals surface area (Å²) < 4.78 is 6.17. The number of rotatable bonds is 5. The van der Waals surface area contributed by atoms with Gasteiger partial charge in [0.2, 0.25) is 0 Å². The second kappa shape index (κ2) is 8.81. The highest BCUT2D eigenvalue weighted by Crippen LogP contribution is 2.32. The Hall–Kier alpha value is -1.68. The lowest BCUT2D eigenvalue weighted by Crippen LogP contribution is -2.37. The van der Waals surface area contributed by atoms with E-state index in [1.807, 2.05) is 6.92 Å². The van der Waals surface area contributed by atoms with E-state index < -0.39 is 11.8 Å². The molecule has 0 unspecified atom stereocenters. The van der Waals surface area contributed by atoms with Gasteiger partial charge in [0.1, 0.15) is 10.8 Å². The van der Waals surface area contributed by atoms with Crippen LogP contribution < -0.4 is 21.1 Å². The molecule has 0 aliphatic rings. The summed E-state index contributed by atoms with van der Waals surface area (Å²) in [6, 6.07) is 5.05. The molecule has 4 N–H and O–H groups in total. The zero-order valence-corrected chi connectivity index (χ0v) is 17.8. The Morgan fingerprint density at radius 1 is 1.38 bits per heavy atom. The van der Waals surface area contributed by atoms with Gasteiger partial charge in [-0.3, -0.25) is 14.9 Å². The number of hydrogen-bond donors (Lipinski definition) is 3. The molecule has 2 amide bonds. The Balaban J connectivity index is 1.94. The fourth-order valence-electron chi connectivity index (χ4n) is 2.04. The van der Waals surface area contributed by atoms with Crippen molar-refractivity contribution in [1.29, 1.82) is 0 Å². The van der Waals surface area contributed by atoms with Crippen LogP contribution in [0, 0.1) is 13.8 Å². The van der Waals surface area contributed by atoms with Crippen molar-refractivity contribution in [3.63, 3.8) is 0 Å². The smallest absolute Gasteiger partial charge is 0.264 e. The number of nitrogens with two attached hydrogens (primary N) is 1. The summed E-state index contributed by atoms with van der Waals surface area (Å²) in [5.41, 5.74) is 6.55. The zero-order chi connectivity index (χ0) is 19.4. The molecule has 0 atom stereocenters. The number of thiophene rings is 1. The number of carbonyl (C=O) groups is 2. The summed E-state index contributed by atoms with van der Waals surface area (Å²) >= 11 is 15.8. The highest BCUT2D eigenvalue weighted by Gasteiger charge is 2.18. The zero-order valence-electron chi connectivity index (χ0n) is 13.8. The van der Waals surface area contributed by atoms with Crippen molar-refractivity contribution in [3.05, 3.63) is 43.7 Å². The summed E-state index contributed by atoms with van der Waals surface area (Å²) in [5, 5.41) is 6.23. The number of primary amides is 1. The van der Waals surface area contributed by atoms with E-state index in [9.17, 15) is 9.59 Å².